The highest BCUT2D eigenvalue weighted by Gasteiger charge is 2.18. The summed E-state index contributed by atoms with van der Waals surface area (Å²) in [5, 5.41) is 7.33. The molecule has 1 amide bonds. The van der Waals surface area contributed by atoms with Gasteiger partial charge in [-0.1, -0.05) is 54.6 Å². The van der Waals surface area contributed by atoms with E-state index in [-0.39, 0.29) is 5.56 Å². The highest BCUT2D eigenvalue weighted by Crippen LogP contribution is 2.23. The van der Waals surface area contributed by atoms with Gasteiger partial charge in [-0.15, -0.1) is 0 Å². The highest BCUT2D eigenvalue weighted by atomic mass is 16.5. The Kier molecular flexibility index (Phi) is 7.26. The van der Waals surface area contributed by atoms with Gasteiger partial charge in [-0.25, -0.2) is 9.48 Å². The second kappa shape index (κ2) is 10.7. The number of carbonyl (C=O) groups is 2. The number of hydrogen-bond acceptors (Lipinski definition) is 5. The molecule has 0 aliphatic rings. The first-order chi connectivity index (χ1) is 16.9. The van der Waals surface area contributed by atoms with Crippen molar-refractivity contribution < 1.29 is 19.1 Å². The first-order valence-corrected chi connectivity index (χ1v) is 11.3. The number of nitrogens with zero attached hydrogens (tertiary/aromatic N) is 2. The minimum absolute atomic E-state index is 0.262. The van der Waals surface area contributed by atoms with Crippen molar-refractivity contribution in [3.8, 4) is 11.4 Å². The van der Waals surface area contributed by atoms with Crippen LogP contribution in [-0.4, -0.2) is 28.3 Å². The number of anilines is 1. The van der Waals surface area contributed by atoms with Gasteiger partial charge < -0.3 is 14.8 Å². The number of para-hydroxylation sites is 2. The molecule has 0 unspecified atom stereocenters. The van der Waals surface area contributed by atoms with Crippen LogP contribution < -0.4 is 10.1 Å². The van der Waals surface area contributed by atoms with Crippen LogP contribution in [0.25, 0.3) is 5.69 Å². The van der Waals surface area contributed by atoms with Crippen molar-refractivity contribution in [2.75, 3.05) is 11.9 Å². The maximum atomic E-state index is 12.7. The number of aryl methyl sites for hydroxylation is 2. The lowest BCUT2D eigenvalue weighted by atomic mass is 10.1. The van der Waals surface area contributed by atoms with Gasteiger partial charge in [0.2, 0.25) is 0 Å². The van der Waals surface area contributed by atoms with E-state index in [0.717, 1.165) is 22.5 Å². The van der Waals surface area contributed by atoms with E-state index in [2.05, 4.69) is 10.4 Å². The van der Waals surface area contributed by atoms with Crippen molar-refractivity contribution in [1.29, 1.82) is 0 Å². The number of amides is 1. The molecule has 0 aliphatic heterocycles. The van der Waals surface area contributed by atoms with E-state index in [1.807, 2.05) is 75.4 Å². The van der Waals surface area contributed by atoms with Crippen molar-refractivity contribution in [3.63, 3.8) is 0 Å². The predicted octanol–water partition coefficient (Wildman–Crippen LogP) is 5.17. The molecule has 0 fully saturated rings. The minimum atomic E-state index is -0.631. The average Bonchev–Trinajstić information content (AvgIpc) is 3.16. The van der Waals surface area contributed by atoms with E-state index in [0.29, 0.717) is 23.7 Å². The molecule has 4 aromatic rings. The maximum absolute atomic E-state index is 12.7. The standard InChI is InChI=1S/C28H27N3O4/c1-19-11-7-8-12-22(19)17-34-25-16-10-9-15-24(25)28(33)35-18-26(32)29-27-20(2)30-31(21(27)3)23-13-5-4-6-14-23/h4-16H,17-18H2,1-3H3,(H,29,32). The summed E-state index contributed by atoms with van der Waals surface area (Å²) in [7, 11) is 0. The van der Waals surface area contributed by atoms with Gasteiger partial charge in [0.05, 0.1) is 22.8 Å². The zero-order valence-corrected chi connectivity index (χ0v) is 19.9. The molecular weight excluding hydrogens is 442 g/mol. The van der Waals surface area contributed by atoms with Gasteiger partial charge in [-0.2, -0.15) is 5.10 Å². The third-order valence-corrected chi connectivity index (χ3v) is 5.64. The topological polar surface area (TPSA) is 82.4 Å². The third kappa shape index (κ3) is 5.58. The fraction of sp³-hybridized carbons (Fsp3) is 0.179. The molecule has 4 rings (SSSR count). The summed E-state index contributed by atoms with van der Waals surface area (Å²) >= 11 is 0. The second-order valence-corrected chi connectivity index (χ2v) is 8.13. The van der Waals surface area contributed by atoms with Crippen molar-refractivity contribution >= 4 is 17.6 Å². The average molecular weight is 470 g/mol. The number of nitrogens with one attached hydrogen (secondary N) is 1. The summed E-state index contributed by atoms with van der Waals surface area (Å²) in [5.74, 6) is -0.679. The Morgan fingerprint density at radius 1 is 0.886 bits per heavy atom. The molecule has 0 radical (unpaired) electrons. The Balaban J connectivity index is 1.39. The number of carbonyl (C=O) groups excluding carboxylic acids is 2. The third-order valence-electron chi connectivity index (χ3n) is 5.64. The van der Waals surface area contributed by atoms with Crippen LogP contribution in [0.4, 0.5) is 5.69 Å². The summed E-state index contributed by atoms with van der Waals surface area (Å²) in [5.41, 5.74) is 5.32. The molecule has 7 nitrogen and oxygen atoms in total. The highest BCUT2D eigenvalue weighted by molar-refractivity contribution is 5.97. The predicted molar refractivity (Wildman–Crippen MR) is 134 cm³/mol. The van der Waals surface area contributed by atoms with Crippen LogP contribution in [0.1, 0.15) is 32.9 Å². The smallest absolute Gasteiger partial charge is 0.342 e. The van der Waals surface area contributed by atoms with Crippen LogP contribution in [0.15, 0.2) is 78.9 Å². The van der Waals surface area contributed by atoms with Crippen LogP contribution in [0, 0.1) is 20.8 Å². The summed E-state index contributed by atoms with van der Waals surface area (Å²) in [4.78, 5) is 25.3. The van der Waals surface area contributed by atoms with Gasteiger partial charge in [-0.3, -0.25) is 4.79 Å². The Bertz CT molecular complexity index is 1350. The first-order valence-electron chi connectivity index (χ1n) is 11.3. The van der Waals surface area contributed by atoms with Crippen LogP contribution in [0.3, 0.4) is 0 Å². The van der Waals surface area contributed by atoms with Gasteiger partial charge in [0, 0.05) is 0 Å². The van der Waals surface area contributed by atoms with E-state index in [1.54, 1.807) is 28.9 Å². The van der Waals surface area contributed by atoms with Gasteiger partial charge in [0.1, 0.15) is 17.9 Å². The lowest BCUT2D eigenvalue weighted by Gasteiger charge is -2.12. The van der Waals surface area contributed by atoms with Crippen LogP contribution in [0.2, 0.25) is 0 Å². The molecular formula is C28H27N3O4. The van der Waals surface area contributed by atoms with E-state index >= 15 is 0 Å². The minimum Gasteiger partial charge on any atom is -0.488 e. The van der Waals surface area contributed by atoms with Gasteiger partial charge in [0.15, 0.2) is 6.61 Å². The van der Waals surface area contributed by atoms with Crippen LogP contribution in [0.5, 0.6) is 5.75 Å². The fourth-order valence-corrected chi connectivity index (χ4v) is 3.72. The number of hydrogen-bond donors (Lipinski definition) is 1. The molecule has 0 saturated carbocycles. The zero-order valence-electron chi connectivity index (χ0n) is 19.9. The van der Waals surface area contributed by atoms with Crippen molar-refractivity contribution in [2.45, 2.75) is 27.4 Å². The number of aromatic nitrogens is 2. The summed E-state index contributed by atoms with van der Waals surface area (Å²) < 4.78 is 12.9. The summed E-state index contributed by atoms with van der Waals surface area (Å²) in [6.45, 7) is 5.58. The SMILES string of the molecule is Cc1ccccc1COc1ccccc1C(=O)OCC(=O)Nc1c(C)nn(-c2ccccc2)c1C. The van der Waals surface area contributed by atoms with E-state index in [9.17, 15) is 9.59 Å². The van der Waals surface area contributed by atoms with Crippen molar-refractivity contribution in [1.82, 2.24) is 9.78 Å². The quantitative estimate of drug-likeness (QED) is 0.360. The van der Waals surface area contributed by atoms with Crippen molar-refractivity contribution in [2.24, 2.45) is 0 Å². The number of ether oxygens (including phenoxy) is 2. The van der Waals surface area contributed by atoms with E-state index < -0.39 is 18.5 Å². The fourth-order valence-electron chi connectivity index (χ4n) is 3.72. The molecule has 0 spiro atoms. The first kappa shape index (κ1) is 23.8. The molecule has 3 aromatic carbocycles. The molecule has 1 aromatic heterocycles. The molecule has 178 valence electrons. The van der Waals surface area contributed by atoms with E-state index in [1.165, 1.54) is 0 Å². The largest absolute Gasteiger partial charge is 0.488 e. The molecule has 1 heterocycles. The Labute approximate surface area is 204 Å². The molecule has 35 heavy (non-hydrogen) atoms. The van der Waals surface area contributed by atoms with Crippen molar-refractivity contribution in [3.05, 3.63) is 107 Å². The lowest BCUT2D eigenvalue weighted by Crippen LogP contribution is -2.22. The maximum Gasteiger partial charge on any atom is 0.342 e. The monoisotopic (exact) mass is 469 g/mol. The summed E-state index contributed by atoms with van der Waals surface area (Å²) in [6.07, 6.45) is 0. The Morgan fingerprint density at radius 3 is 2.34 bits per heavy atom. The normalized spacial score (nSPS) is 10.6. The molecule has 7 heteroatoms. The van der Waals surface area contributed by atoms with E-state index in [4.69, 9.17) is 9.47 Å². The number of benzene rings is 3. The van der Waals surface area contributed by atoms with Crippen LogP contribution >= 0.6 is 0 Å². The number of rotatable bonds is 8. The molecule has 0 atom stereocenters. The molecule has 1 N–H and O–H groups in total. The van der Waals surface area contributed by atoms with Crippen LogP contribution in [-0.2, 0) is 16.1 Å². The molecule has 0 saturated heterocycles. The molecule has 0 bridgehead atoms. The Morgan fingerprint density at radius 2 is 1.57 bits per heavy atom. The van der Waals surface area contributed by atoms with Gasteiger partial charge >= 0.3 is 5.97 Å². The van der Waals surface area contributed by atoms with Gasteiger partial charge in [0.25, 0.3) is 5.91 Å². The lowest BCUT2D eigenvalue weighted by molar-refractivity contribution is -0.119. The van der Waals surface area contributed by atoms with Gasteiger partial charge in [-0.05, 0) is 56.2 Å². The number of esters is 1. The Hall–Kier alpha value is -4.39. The second-order valence-electron chi connectivity index (χ2n) is 8.13. The molecule has 0 aliphatic carbocycles. The zero-order chi connectivity index (χ0) is 24.8. The summed E-state index contributed by atoms with van der Waals surface area (Å²) in [6, 6.07) is 24.4.